The summed E-state index contributed by atoms with van der Waals surface area (Å²) < 4.78 is 0. The normalized spacial score (nSPS) is 19.3. The highest BCUT2D eigenvalue weighted by molar-refractivity contribution is 5.85. The molecule has 1 aromatic rings. The van der Waals surface area contributed by atoms with Crippen molar-refractivity contribution in [2.75, 3.05) is 13.1 Å². The number of hydrogen-bond donors (Lipinski definition) is 3. The molecule has 0 unspecified atom stereocenters. The SMILES string of the molecule is C=c1cccc/c1=C(/C=C\N)[C@H](O)[C@@H](N)C(=O)N1CCCC1. The van der Waals surface area contributed by atoms with Crippen LogP contribution in [0.1, 0.15) is 12.8 Å². The fraction of sp³-hybridized carbons (Fsp3) is 0.353. The Morgan fingerprint density at radius 3 is 2.55 bits per heavy atom. The summed E-state index contributed by atoms with van der Waals surface area (Å²) in [6.07, 6.45) is 3.74. The van der Waals surface area contributed by atoms with Gasteiger partial charge in [-0.25, -0.2) is 0 Å². The van der Waals surface area contributed by atoms with Crippen molar-refractivity contribution in [2.24, 2.45) is 11.5 Å². The van der Waals surface area contributed by atoms with Gasteiger partial charge >= 0.3 is 0 Å². The van der Waals surface area contributed by atoms with E-state index >= 15 is 0 Å². The molecular formula is C17H23N3O2. The molecule has 1 aliphatic heterocycles. The van der Waals surface area contributed by atoms with Crippen LogP contribution in [0.5, 0.6) is 0 Å². The average Bonchev–Trinajstić information content (AvgIpc) is 3.06. The lowest BCUT2D eigenvalue weighted by atomic mass is 9.98. The first-order chi connectivity index (χ1) is 10.6. The lowest BCUT2D eigenvalue weighted by Crippen LogP contribution is -2.50. The first kappa shape index (κ1) is 16.3. The summed E-state index contributed by atoms with van der Waals surface area (Å²) >= 11 is 0. The molecule has 1 heterocycles. The van der Waals surface area contributed by atoms with Crippen molar-refractivity contribution in [2.45, 2.75) is 25.0 Å². The maximum Gasteiger partial charge on any atom is 0.242 e. The zero-order valence-electron chi connectivity index (χ0n) is 12.6. The van der Waals surface area contributed by atoms with Crippen molar-refractivity contribution in [1.82, 2.24) is 4.90 Å². The third kappa shape index (κ3) is 3.37. The van der Waals surface area contributed by atoms with E-state index in [9.17, 15) is 9.90 Å². The highest BCUT2D eigenvalue weighted by Crippen LogP contribution is 2.13. The van der Waals surface area contributed by atoms with Crippen molar-refractivity contribution >= 4 is 18.1 Å². The molecule has 0 spiro atoms. The van der Waals surface area contributed by atoms with Crippen LogP contribution in [0.15, 0.2) is 36.5 Å². The number of aliphatic hydroxyl groups is 1. The van der Waals surface area contributed by atoms with Crippen LogP contribution in [0.3, 0.4) is 0 Å². The summed E-state index contributed by atoms with van der Waals surface area (Å²) in [5.74, 6) is -0.227. The average molecular weight is 301 g/mol. The predicted octanol–water partition coefficient (Wildman–Crippen LogP) is -0.969. The molecular weight excluding hydrogens is 278 g/mol. The van der Waals surface area contributed by atoms with E-state index in [1.165, 1.54) is 6.20 Å². The number of hydrogen-bond acceptors (Lipinski definition) is 4. The van der Waals surface area contributed by atoms with E-state index in [0.29, 0.717) is 18.7 Å². The van der Waals surface area contributed by atoms with Gasteiger partial charge in [-0.2, -0.15) is 0 Å². The van der Waals surface area contributed by atoms with Gasteiger partial charge in [0, 0.05) is 13.1 Å². The van der Waals surface area contributed by atoms with Gasteiger partial charge < -0.3 is 21.5 Å². The molecule has 0 aliphatic carbocycles. The van der Waals surface area contributed by atoms with Crippen molar-refractivity contribution in [3.63, 3.8) is 0 Å². The molecule has 5 N–H and O–H groups in total. The van der Waals surface area contributed by atoms with Gasteiger partial charge in [0.2, 0.25) is 5.91 Å². The molecule has 1 aromatic carbocycles. The van der Waals surface area contributed by atoms with Crippen LogP contribution in [-0.4, -0.2) is 41.1 Å². The van der Waals surface area contributed by atoms with Gasteiger partial charge in [-0.05, 0) is 41.1 Å². The molecule has 0 saturated carbocycles. The molecule has 1 fully saturated rings. The number of carbonyl (C=O) groups is 1. The second-order valence-corrected chi connectivity index (χ2v) is 5.47. The zero-order valence-corrected chi connectivity index (χ0v) is 12.6. The molecule has 22 heavy (non-hydrogen) atoms. The monoisotopic (exact) mass is 301 g/mol. The van der Waals surface area contributed by atoms with Gasteiger partial charge in [-0.15, -0.1) is 0 Å². The van der Waals surface area contributed by atoms with Gasteiger partial charge in [0.1, 0.15) is 12.1 Å². The summed E-state index contributed by atoms with van der Waals surface area (Å²) in [5, 5.41) is 12.1. The van der Waals surface area contributed by atoms with E-state index in [2.05, 4.69) is 6.58 Å². The van der Waals surface area contributed by atoms with Crippen molar-refractivity contribution in [3.05, 3.63) is 47.0 Å². The van der Waals surface area contributed by atoms with Crippen LogP contribution >= 0.6 is 0 Å². The van der Waals surface area contributed by atoms with E-state index in [4.69, 9.17) is 11.5 Å². The smallest absolute Gasteiger partial charge is 0.242 e. The van der Waals surface area contributed by atoms with Gasteiger partial charge in [0.05, 0.1) is 0 Å². The molecule has 5 heteroatoms. The Morgan fingerprint density at radius 1 is 1.32 bits per heavy atom. The third-order valence-corrected chi connectivity index (χ3v) is 3.97. The van der Waals surface area contributed by atoms with Crippen LogP contribution < -0.4 is 21.9 Å². The van der Waals surface area contributed by atoms with E-state index in [-0.39, 0.29) is 5.91 Å². The number of nitrogens with zero attached hydrogens (tertiary/aromatic N) is 1. The zero-order chi connectivity index (χ0) is 16.1. The summed E-state index contributed by atoms with van der Waals surface area (Å²) in [4.78, 5) is 14.1. The summed E-state index contributed by atoms with van der Waals surface area (Å²) in [7, 11) is 0. The maximum atomic E-state index is 12.4. The standard InChI is InChI=1S/C17H23N3O2/c1-12-6-2-3-7-13(12)14(8-9-18)16(21)15(19)17(22)20-10-4-5-11-20/h2-3,6-9,15-16,21H,1,4-5,10-11,18-19H2/b9-8-,14-13+/t15-,16+/m1/s1. The summed E-state index contributed by atoms with van der Waals surface area (Å²) in [6.45, 7) is 5.35. The van der Waals surface area contributed by atoms with E-state index in [1.807, 2.05) is 24.3 Å². The second kappa shape index (κ2) is 7.24. The minimum atomic E-state index is -1.13. The number of benzene rings is 1. The molecule has 0 bridgehead atoms. The molecule has 2 rings (SSSR count). The van der Waals surface area contributed by atoms with E-state index in [0.717, 1.165) is 23.3 Å². The Labute approximate surface area is 130 Å². The highest BCUT2D eigenvalue weighted by Gasteiger charge is 2.30. The maximum absolute atomic E-state index is 12.4. The van der Waals surface area contributed by atoms with Gasteiger partial charge in [-0.3, -0.25) is 4.79 Å². The predicted molar refractivity (Wildman–Crippen MR) is 87.7 cm³/mol. The quantitative estimate of drug-likeness (QED) is 0.667. The minimum Gasteiger partial charge on any atom is -0.405 e. The highest BCUT2D eigenvalue weighted by atomic mass is 16.3. The third-order valence-electron chi connectivity index (χ3n) is 3.97. The Morgan fingerprint density at radius 2 is 1.95 bits per heavy atom. The molecule has 118 valence electrons. The molecule has 0 radical (unpaired) electrons. The first-order valence-electron chi connectivity index (χ1n) is 7.45. The van der Waals surface area contributed by atoms with Crippen LogP contribution in [0.4, 0.5) is 0 Å². The molecule has 0 aromatic heterocycles. The number of aliphatic hydroxyl groups excluding tert-OH is 1. The van der Waals surface area contributed by atoms with E-state index < -0.39 is 12.1 Å². The van der Waals surface area contributed by atoms with Crippen molar-refractivity contribution in [1.29, 1.82) is 0 Å². The second-order valence-electron chi connectivity index (χ2n) is 5.47. The van der Waals surface area contributed by atoms with Crippen molar-refractivity contribution in [3.8, 4) is 0 Å². The summed E-state index contributed by atoms with van der Waals surface area (Å²) in [6, 6.07) is 6.35. The lowest BCUT2D eigenvalue weighted by molar-refractivity contribution is -0.133. The Bertz CT molecular complexity index is 663. The largest absolute Gasteiger partial charge is 0.405 e. The van der Waals surface area contributed by atoms with E-state index in [1.54, 1.807) is 11.0 Å². The molecule has 1 aliphatic rings. The Hall–Kier alpha value is -2.11. The van der Waals surface area contributed by atoms with Crippen LogP contribution in [0.25, 0.3) is 12.2 Å². The fourth-order valence-electron chi connectivity index (χ4n) is 2.73. The van der Waals surface area contributed by atoms with Crippen LogP contribution in [0, 0.1) is 0 Å². The Kier molecular flexibility index (Phi) is 5.35. The van der Waals surface area contributed by atoms with Gasteiger partial charge in [0.15, 0.2) is 0 Å². The summed E-state index contributed by atoms with van der Waals surface area (Å²) in [5.41, 5.74) is 12.0. The van der Waals surface area contributed by atoms with Gasteiger partial charge in [-0.1, -0.05) is 30.8 Å². The number of nitrogens with two attached hydrogens (primary N) is 2. The lowest BCUT2D eigenvalue weighted by Gasteiger charge is -2.24. The number of carbonyl (C=O) groups excluding carboxylic acids is 1. The molecule has 5 nitrogen and oxygen atoms in total. The Balaban J connectivity index is 2.37. The fourth-order valence-corrected chi connectivity index (χ4v) is 2.73. The van der Waals surface area contributed by atoms with Gasteiger partial charge in [0.25, 0.3) is 0 Å². The van der Waals surface area contributed by atoms with Crippen molar-refractivity contribution < 1.29 is 9.90 Å². The molecule has 2 atom stereocenters. The first-order valence-corrected chi connectivity index (χ1v) is 7.45. The molecule has 1 saturated heterocycles. The van der Waals surface area contributed by atoms with Crippen LogP contribution in [-0.2, 0) is 4.79 Å². The minimum absolute atomic E-state index is 0.227. The number of amides is 1. The number of likely N-dealkylation sites (tertiary alicyclic amines) is 1. The number of rotatable bonds is 4. The van der Waals surface area contributed by atoms with Crippen LogP contribution in [0.2, 0.25) is 0 Å². The molecule has 1 amide bonds. The topological polar surface area (TPSA) is 92.6 Å².